The second-order valence-electron chi connectivity index (χ2n) is 5.29. The van der Waals surface area contributed by atoms with Gasteiger partial charge in [-0.2, -0.15) is 0 Å². The monoisotopic (exact) mass is 293 g/mol. The predicted molar refractivity (Wildman–Crippen MR) is 79.1 cm³/mol. The third kappa shape index (κ3) is 4.39. The molecule has 2 rings (SSSR count). The number of aromatic nitrogens is 2. The number of hydrogen-bond donors (Lipinski definition) is 2. The summed E-state index contributed by atoms with van der Waals surface area (Å²) < 4.78 is 4.91. The van der Waals surface area contributed by atoms with Crippen LogP contribution >= 0.6 is 0 Å². The minimum Gasteiger partial charge on any atom is -0.460 e. The van der Waals surface area contributed by atoms with Crippen molar-refractivity contribution in [3.63, 3.8) is 0 Å². The molecule has 116 valence electrons. The third-order valence-corrected chi connectivity index (χ3v) is 3.86. The van der Waals surface area contributed by atoms with Crippen LogP contribution in [0.1, 0.15) is 49.6 Å². The van der Waals surface area contributed by atoms with E-state index >= 15 is 0 Å². The molecule has 6 nitrogen and oxygen atoms in total. The van der Waals surface area contributed by atoms with E-state index in [1.807, 2.05) is 0 Å². The number of carbonyl (C=O) groups is 1. The van der Waals surface area contributed by atoms with Crippen LogP contribution in [-0.4, -0.2) is 40.3 Å². The number of aliphatic hydroxyl groups excluding tert-OH is 1. The summed E-state index contributed by atoms with van der Waals surface area (Å²) in [5.74, 6) is 0.667. The average Bonchev–Trinajstić information content (AvgIpc) is 2.50. The van der Waals surface area contributed by atoms with Gasteiger partial charge in [-0.3, -0.25) is 0 Å². The number of nitrogens with one attached hydrogen (secondary N) is 1. The Labute approximate surface area is 124 Å². The number of anilines is 1. The van der Waals surface area contributed by atoms with Gasteiger partial charge < -0.3 is 15.2 Å². The van der Waals surface area contributed by atoms with Gasteiger partial charge in [0.1, 0.15) is 5.82 Å². The van der Waals surface area contributed by atoms with Crippen LogP contribution in [0.3, 0.4) is 0 Å². The van der Waals surface area contributed by atoms with E-state index in [0.717, 1.165) is 19.3 Å². The minimum atomic E-state index is -0.503. The molecular formula is C15H23N3O3. The molecule has 1 aliphatic rings. The minimum absolute atomic E-state index is 0.0800. The molecule has 1 aliphatic carbocycles. The molecule has 2 atom stereocenters. The molecule has 1 aromatic heterocycles. The zero-order chi connectivity index (χ0) is 15.1. The molecule has 0 spiro atoms. The lowest BCUT2D eigenvalue weighted by atomic mass is 9.82. The fourth-order valence-electron chi connectivity index (χ4n) is 2.83. The number of rotatable bonds is 6. The molecule has 0 radical (unpaired) electrons. The van der Waals surface area contributed by atoms with Crippen molar-refractivity contribution in [2.45, 2.75) is 45.1 Å². The van der Waals surface area contributed by atoms with Gasteiger partial charge in [0, 0.05) is 18.8 Å². The number of hydrogen-bond acceptors (Lipinski definition) is 6. The SMILES string of the molecule is CCOC(=O)c1nccc(N[C@@H]2CCCC[C@@H]2CCO)n1. The summed E-state index contributed by atoms with van der Waals surface area (Å²) in [5.41, 5.74) is 0. The molecular weight excluding hydrogens is 270 g/mol. The van der Waals surface area contributed by atoms with E-state index < -0.39 is 5.97 Å². The van der Waals surface area contributed by atoms with Crippen LogP contribution in [0, 0.1) is 5.92 Å². The third-order valence-electron chi connectivity index (χ3n) is 3.86. The molecule has 0 aliphatic heterocycles. The summed E-state index contributed by atoms with van der Waals surface area (Å²) in [5, 5.41) is 12.5. The lowest BCUT2D eigenvalue weighted by molar-refractivity contribution is 0.0512. The van der Waals surface area contributed by atoms with Gasteiger partial charge in [0.05, 0.1) is 6.61 Å². The maximum atomic E-state index is 11.6. The van der Waals surface area contributed by atoms with Gasteiger partial charge in [0.2, 0.25) is 5.82 Å². The average molecular weight is 293 g/mol. The molecule has 0 bridgehead atoms. The topological polar surface area (TPSA) is 84.3 Å². The van der Waals surface area contributed by atoms with Crippen LogP contribution in [0.4, 0.5) is 5.82 Å². The van der Waals surface area contributed by atoms with Gasteiger partial charge in [-0.1, -0.05) is 12.8 Å². The highest BCUT2D eigenvalue weighted by atomic mass is 16.5. The predicted octanol–water partition coefficient (Wildman–Crippen LogP) is 2.01. The summed E-state index contributed by atoms with van der Waals surface area (Å²) in [6, 6.07) is 2.05. The van der Waals surface area contributed by atoms with Crippen molar-refractivity contribution in [1.29, 1.82) is 0 Å². The molecule has 1 aromatic rings. The zero-order valence-electron chi connectivity index (χ0n) is 12.4. The van der Waals surface area contributed by atoms with Gasteiger partial charge in [-0.05, 0) is 38.2 Å². The fraction of sp³-hybridized carbons (Fsp3) is 0.667. The molecule has 0 unspecified atom stereocenters. The van der Waals surface area contributed by atoms with Crippen LogP contribution in [0.2, 0.25) is 0 Å². The molecule has 0 aromatic carbocycles. The highest BCUT2D eigenvalue weighted by Gasteiger charge is 2.25. The fourth-order valence-corrected chi connectivity index (χ4v) is 2.83. The number of esters is 1. The van der Waals surface area contributed by atoms with E-state index in [-0.39, 0.29) is 18.5 Å². The maximum absolute atomic E-state index is 11.6. The maximum Gasteiger partial charge on any atom is 0.376 e. The van der Waals surface area contributed by atoms with Crippen LogP contribution in [0.25, 0.3) is 0 Å². The molecule has 1 heterocycles. The van der Waals surface area contributed by atoms with E-state index in [4.69, 9.17) is 9.84 Å². The summed E-state index contributed by atoms with van der Waals surface area (Å²) in [7, 11) is 0. The Morgan fingerprint density at radius 3 is 3.05 bits per heavy atom. The largest absolute Gasteiger partial charge is 0.460 e. The summed E-state index contributed by atoms with van der Waals surface area (Å²) >= 11 is 0. The number of ether oxygens (including phenoxy) is 1. The molecule has 1 fully saturated rings. The first-order chi connectivity index (χ1) is 10.2. The Bertz CT molecular complexity index is 465. The molecule has 2 N–H and O–H groups in total. The lowest BCUT2D eigenvalue weighted by Gasteiger charge is -2.32. The van der Waals surface area contributed by atoms with E-state index in [0.29, 0.717) is 18.3 Å². The van der Waals surface area contributed by atoms with Gasteiger partial charge in [0.15, 0.2) is 0 Å². The zero-order valence-corrected chi connectivity index (χ0v) is 12.4. The van der Waals surface area contributed by atoms with Gasteiger partial charge in [-0.15, -0.1) is 0 Å². The molecule has 0 saturated heterocycles. The van der Waals surface area contributed by atoms with E-state index in [1.165, 1.54) is 12.8 Å². The first-order valence-electron chi connectivity index (χ1n) is 7.62. The quantitative estimate of drug-likeness (QED) is 0.780. The Hall–Kier alpha value is -1.69. The van der Waals surface area contributed by atoms with E-state index in [1.54, 1.807) is 19.2 Å². The highest BCUT2D eigenvalue weighted by molar-refractivity contribution is 5.85. The first kappa shape index (κ1) is 15.7. The molecule has 1 saturated carbocycles. The van der Waals surface area contributed by atoms with Gasteiger partial charge >= 0.3 is 5.97 Å². The molecule has 6 heteroatoms. The first-order valence-corrected chi connectivity index (χ1v) is 7.62. The standard InChI is InChI=1S/C15H23N3O3/c1-2-21-15(20)14-16-9-7-13(18-14)17-12-6-4-3-5-11(12)8-10-19/h7,9,11-12,19H,2-6,8,10H2,1H3,(H,16,17,18)/t11-,12-/m1/s1. The van der Waals surface area contributed by atoms with Crippen LogP contribution in [-0.2, 0) is 4.74 Å². The van der Waals surface area contributed by atoms with Crippen molar-refractivity contribution in [3.8, 4) is 0 Å². The van der Waals surface area contributed by atoms with Crippen molar-refractivity contribution < 1.29 is 14.6 Å². The Kier molecular flexibility index (Phi) is 5.92. The number of aliphatic hydroxyl groups is 1. The van der Waals surface area contributed by atoms with Crippen molar-refractivity contribution in [2.24, 2.45) is 5.92 Å². The van der Waals surface area contributed by atoms with E-state index in [2.05, 4.69) is 15.3 Å². The molecule has 21 heavy (non-hydrogen) atoms. The summed E-state index contributed by atoms with van der Waals surface area (Å²) in [6.07, 6.45) is 6.92. The normalized spacial score (nSPS) is 21.8. The van der Waals surface area contributed by atoms with Crippen LogP contribution in [0.5, 0.6) is 0 Å². The van der Waals surface area contributed by atoms with Crippen molar-refractivity contribution in [1.82, 2.24) is 9.97 Å². The second kappa shape index (κ2) is 7.93. The Morgan fingerprint density at radius 2 is 2.29 bits per heavy atom. The van der Waals surface area contributed by atoms with Crippen LogP contribution < -0.4 is 5.32 Å². The highest BCUT2D eigenvalue weighted by Crippen LogP contribution is 2.28. The second-order valence-corrected chi connectivity index (χ2v) is 5.29. The van der Waals surface area contributed by atoms with Crippen molar-refractivity contribution in [2.75, 3.05) is 18.5 Å². The van der Waals surface area contributed by atoms with Gasteiger partial charge in [0.25, 0.3) is 0 Å². The summed E-state index contributed by atoms with van der Waals surface area (Å²) in [4.78, 5) is 19.8. The Morgan fingerprint density at radius 1 is 1.48 bits per heavy atom. The van der Waals surface area contributed by atoms with Crippen molar-refractivity contribution >= 4 is 11.8 Å². The summed E-state index contributed by atoms with van der Waals surface area (Å²) in [6.45, 7) is 2.27. The number of carbonyl (C=O) groups excluding carboxylic acids is 1. The van der Waals surface area contributed by atoms with Gasteiger partial charge in [-0.25, -0.2) is 14.8 Å². The van der Waals surface area contributed by atoms with E-state index in [9.17, 15) is 4.79 Å². The Balaban J connectivity index is 2.04. The lowest BCUT2D eigenvalue weighted by Crippen LogP contribution is -2.33. The molecule has 0 amide bonds. The smallest absolute Gasteiger partial charge is 0.376 e. The van der Waals surface area contributed by atoms with Crippen molar-refractivity contribution in [3.05, 3.63) is 18.1 Å². The number of nitrogens with zero attached hydrogens (tertiary/aromatic N) is 2. The van der Waals surface area contributed by atoms with Crippen LogP contribution in [0.15, 0.2) is 12.3 Å².